The molecule has 0 bridgehead atoms. The molecular formula is C13H20N4O2S. The standard InChI is InChI=1S/C13H20N4O2S/c1-4-15-13-7-6-12(9-16-13)20(18,19)17(5-2)10-11(3)8-14/h6-7,9,11H,4-5,10H2,1-3H3,(H,15,16). The van der Waals surface area contributed by atoms with E-state index in [2.05, 4.69) is 10.3 Å². The number of aromatic nitrogens is 1. The highest BCUT2D eigenvalue weighted by Gasteiger charge is 2.24. The Hall–Kier alpha value is -1.65. The molecular weight excluding hydrogens is 276 g/mol. The molecule has 0 amide bonds. The van der Waals surface area contributed by atoms with Crippen LogP contribution in [-0.4, -0.2) is 37.3 Å². The summed E-state index contributed by atoms with van der Waals surface area (Å²) in [4.78, 5) is 4.21. The second kappa shape index (κ2) is 7.22. The van der Waals surface area contributed by atoms with E-state index in [0.29, 0.717) is 12.4 Å². The Morgan fingerprint density at radius 2 is 2.15 bits per heavy atom. The fourth-order valence-electron chi connectivity index (χ4n) is 1.71. The van der Waals surface area contributed by atoms with Crippen LogP contribution in [0.25, 0.3) is 0 Å². The van der Waals surface area contributed by atoms with Gasteiger partial charge in [-0.05, 0) is 26.0 Å². The first-order valence-corrected chi connectivity index (χ1v) is 7.99. The molecule has 0 aliphatic heterocycles. The molecule has 7 heteroatoms. The second-order valence-corrected chi connectivity index (χ2v) is 6.33. The molecule has 1 rings (SSSR count). The number of anilines is 1. The highest BCUT2D eigenvalue weighted by atomic mass is 32.2. The van der Waals surface area contributed by atoms with Crippen molar-refractivity contribution in [1.82, 2.24) is 9.29 Å². The normalized spacial score (nSPS) is 12.9. The minimum absolute atomic E-state index is 0.145. The Balaban J connectivity index is 2.99. The Morgan fingerprint density at radius 3 is 2.60 bits per heavy atom. The zero-order valence-electron chi connectivity index (χ0n) is 12.0. The smallest absolute Gasteiger partial charge is 0.244 e. The van der Waals surface area contributed by atoms with Crippen LogP contribution in [0.1, 0.15) is 20.8 Å². The molecule has 1 aromatic rings. The summed E-state index contributed by atoms with van der Waals surface area (Å²) in [7, 11) is -3.60. The van der Waals surface area contributed by atoms with Crippen LogP contribution in [0.15, 0.2) is 23.2 Å². The number of nitrogens with one attached hydrogen (secondary N) is 1. The number of rotatable bonds is 7. The van der Waals surface area contributed by atoms with Gasteiger partial charge in [0.1, 0.15) is 10.7 Å². The van der Waals surface area contributed by atoms with E-state index in [1.807, 2.05) is 13.0 Å². The summed E-state index contributed by atoms with van der Waals surface area (Å²) in [6.45, 7) is 6.62. The molecule has 0 aliphatic rings. The largest absolute Gasteiger partial charge is 0.370 e. The predicted molar refractivity (Wildman–Crippen MR) is 77.6 cm³/mol. The Kier molecular flexibility index (Phi) is 5.92. The van der Waals surface area contributed by atoms with Crippen molar-refractivity contribution in [3.05, 3.63) is 18.3 Å². The zero-order valence-corrected chi connectivity index (χ0v) is 12.8. The van der Waals surface area contributed by atoms with Crippen LogP contribution in [0.5, 0.6) is 0 Å². The summed E-state index contributed by atoms with van der Waals surface area (Å²) in [5.74, 6) is 0.290. The summed E-state index contributed by atoms with van der Waals surface area (Å²) < 4.78 is 26.2. The molecule has 1 N–H and O–H groups in total. The molecule has 110 valence electrons. The first kappa shape index (κ1) is 16.4. The average molecular weight is 296 g/mol. The van der Waals surface area contributed by atoms with Gasteiger partial charge in [-0.15, -0.1) is 0 Å². The lowest BCUT2D eigenvalue weighted by Crippen LogP contribution is -2.34. The molecule has 1 unspecified atom stereocenters. The van der Waals surface area contributed by atoms with Crippen molar-refractivity contribution < 1.29 is 8.42 Å². The van der Waals surface area contributed by atoms with E-state index in [0.717, 1.165) is 6.54 Å². The molecule has 6 nitrogen and oxygen atoms in total. The first-order valence-electron chi connectivity index (χ1n) is 6.55. The monoisotopic (exact) mass is 296 g/mol. The first-order chi connectivity index (χ1) is 9.45. The van der Waals surface area contributed by atoms with Crippen LogP contribution >= 0.6 is 0 Å². The molecule has 0 saturated carbocycles. The third-order valence-corrected chi connectivity index (χ3v) is 4.71. The van der Waals surface area contributed by atoms with E-state index in [1.54, 1.807) is 19.9 Å². The number of nitriles is 1. The van der Waals surface area contributed by atoms with Gasteiger partial charge in [0.25, 0.3) is 0 Å². The third-order valence-electron chi connectivity index (χ3n) is 2.78. The van der Waals surface area contributed by atoms with Crippen molar-refractivity contribution in [3.63, 3.8) is 0 Å². The minimum atomic E-state index is -3.60. The number of hydrogen-bond donors (Lipinski definition) is 1. The zero-order chi connectivity index (χ0) is 15.2. The Labute approximate surface area is 120 Å². The van der Waals surface area contributed by atoms with Crippen LogP contribution in [0.3, 0.4) is 0 Å². The van der Waals surface area contributed by atoms with Crippen LogP contribution in [-0.2, 0) is 10.0 Å². The maximum Gasteiger partial charge on any atom is 0.244 e. The highest BCUT2D eigenvalue weighted by molar-refractivity contribution is 7.89. The second-order valence-electron chi connectivity index (χ2n) is 4.40. The van der Waals surface area contributed by atoms with Gasteiger partial charge in [0.2, 0.25) is 10.0 Å². The molecule has 20 heavy (non-hydrogen) atoms. The molecule has 0 fully saturated rings. The molecule has 1 aromatic heterocycles. The SMILES string of the molecule is CCNc1ccc(S(=O)(=O)N(CC)CC(C)C#N)cn1. The van der Waals surface area contributed by atoms with Gasteiger partial charge < -0.3 is 5.32 Å². The summed E-state index contributed by atoms with van der Waals surface area (Å²) in [6, 6.07) is 5.21. The van der Waals surface area contributed by atoms with Crippen molar-refractivity contribution in [1.29, 1.82) is 5.26 Å². The van der Waals surface area contributed by atoms with E-state index in [9.17, 15) is 8.42 Å². The molecule has 0 radical (unpaired) electrons. The van der Waals surface area contributed by atoms with Crippen molar-refractivity contribution in [3.8, 4) is 6.07 Å². The van der Waals surface area contributed by atoms with Gasteiger partial charge >= 0.3 is 0 Å². The topological polar surface area (TPSA) is 86.1 Å². The quantitative estimate of drug-likeness (QED) is 0.827. The van der Waals surface area contributed by atoms with Gasteiger partial charge in [-0.3, -0.25) is 0 Å². The van der Waals surface area contributed by atoms with Gasteiger partial charge in [0.15, 0.2) is 0 Å². The lowest BCUT2D eigenvalue weighted by Gasteiger charge is -2.21. The van der Waals surface area contributed by atoms with E-state index in [1.165, 1.54) is 16.6 Å². The molecule has 0 aromatic carbocycles. The Bertz CT molecular complexity index is 563. The number of pyridine rings is 1. The van der Waals surface area contributed by atoms with Gasteiger partial charge in [0, 0.05) is 25.8 Å². The maximum absolute atomic E-state index is 12.4. The van der Waals surface area contributed by atoms with E-state index >= 15 is 0 Å². The summed E-state index contributed by atoms with van der Waals surface area (Å²) in [6.07, 6.45) is 1.34. The minimum Gasteiger partial charge on any atom is -0.370 e. The van der Waals surface area contributed by atoms with Crippen molar-refractivity contribution >= 4 is 15.8 Å². The maximum atomic E-state index is 12.4. The number of nitrogens with zero attached hydrogens (tertiary/aromatic N) is 3. The molecule has 1 atom stereocenters. The van der Waals surface area contributed by atoms with Crippen molar-refractivity contribution in [2.45, 2.75) is 25.7 Å². The van der Waals surface area contributed by atoms with Crippen LogP contribution in [0.2, 0.25) is 0 Å². The van der Waals surface area contributed by atoms with Crippen LogP contribution in [0.4, 0.5) is 5.82 Å². The number of sulfonamides is 1. The van der Waals surface area contributed by atoms with Gasteiger partial charge in [-0.2, -0.15) is 9.57 Å². The van der Waals surface area contributed by atoms with Crippen molar-refractivity contribution in [2.75, 3.05) is 25.0 Å². The Morgan fingerprint density at radius 1 is 1.45 bits per heavy atom. The van der Waals surface area contributed by atoms with Crippen LogP contribution < -0.4 is 5.32 Å². The molecule has 0 saturated heterocycles. The highest BCUT2D eigenvalue weighted by Crippen LogP contribution is 2.17. The summed E-state index contributed by atoms with van der Waals surface area (Å²) in [5.41, 5.74) is 0. The summed E-state index contributed by atoms with van der Waals surface area (Å²) >= 11 is 0. The third kappa shape index (κ3) is 3.92. The lowest BCUT2D eigenvalue weighted by atomic mass is 10.2. The van der Waals surface area contributed by atoms with Gasteiger partial charge in [-0.25, -0.2) is 13.4 Å². The van der Waals surface area contributed by atoms with E-state index < -0.39 is 10.0 Å². The predicted octanol–water partition coefficient (Wildman–Crippen LogP) is 1.68. The summed E-state index contributed by atoms with van der Waals surface area (Å²) in [5, 5.41) is 11.8. The van der Waals surface area contributed by atoms with E-state index in [-0.39, 0.29) is 17.4 Å². The van der Waals surface area contributed by atoms with Crippen LogP contribution in [0, 0.1) is 17.2 Å². The van der Waals surface area contributed by atoms with Gasteiger partial charge in [0.05, 0.1) is 12.0 Å². The lowest BCUT2D eigenvalue weighted by molar-refractivity contribution is 0.399. The molecule has 0 spiro atoms. The number of hydrogen-bond acceptors (Lipinski definition) is 5. The fraction of sp³-hybridized carbons (Fsp3) is 0.538. The average Bonchev–Trinajstić information content (AvgIpc) is 2.45. The van der Waals surface area contributed by atoms with Gasteiger partial charge in [-0.1, -0.05) is 6.92 Å². The van der Waals surface area contributed by atoms with E-state index in [4.69, 9.17) is 5.26 Å². The fourth-order valence-corrected chi connectivity index (χ4v) is 3.19. The molecule has 1 heterocycles. The molecule has 0 aliphatic carbocycles. The van der Waals surface area contributed by atoms with Crippen molar-refractivity contribution in [2.24, 2.45) is 5.92 Å².